The molecule has 1 atom stereocenters. The number of rotatable bonds is 5. The Kier molecular flexibility index (Phi) is 3.59. The summed E-state index contributed by atoms with van der Waals surface area (Å²) in [5.41, 5.74) is 0. The fraction of sp³-hybridized carbons (Fsp3) is 1.00. The smallest absolute Gasteiger partial charge is 0.313 e. The summed E-state index contributed by atoms with van der Waals surface area (Å²) in [5, 5.41) is 2.97. The SMILES string of the molecule is CCCNC(CC(F)(F)F)C1CC1. The van der Waals surface area contributed by atoms with Crippen molar-refractivity contribution < 1.29 is 13.2 Å². The molecule has 1 rings (SSSR count). The predicted octanol–water partition coefficient (Wildman–Crippen LogP) is 2.72. The minimum Gasteiger partial charge on any atom is -0.313 e. The largest absolute Gasteiger partial charge is 0.390 e. The third kappa shape index (κ3) is 4.50. The predicted molar refractivity (Wildman–Crippen MR) is 45.5 cm³/mol. The maximum absolute atomic E-state index is 12.1. The van der Waals surface area contributed by atoms with Crippen LogP contribution in [0.5, 0.6) is 0 Å². The van der Waals surface area contributed by atoms with Crippen molar-refractivity contribution in [1.82, 2.24) is 5.32 Å². The minimum absolute atomic E-state index is 0.271. The summed E-state index contributed by atoms with van der Waals surface area (Å²) in [4.78, 5) is 0. The van der Waals surface area contributed by atoms with Gasteiger partial charge < -0.3 is 5.32 Å². The molecule has 13 heavy (non-hydrogen) atoms. The average Bonchev–Trinajstić information content (AvgIpc) is 2.77. The van der Waals surface area contributed by atoms with Gasteiger partial charge in [0.15, 0.2) is 0 Å². The first kappa shape index (κ1) is 10.8. The topological polar surface area (TPSA) is 12.0 Å². The number of alkyl halides is 3. The maximum atomic E-state index is 12.1. The van der Waals surface area contributed by atoms with Crippen LogP contribution in [0.4, 0.5) is 13.2 Å². The highest BCUT2D eigenvalue weighted by molar-refractivity contribution is 4.87. The summed E-state index contributed by atoms with van der Waals surface area (Å²) < 4.78 is 36.2. The van der Waals surface area contributed by atoms with Gasteiger partial charge in [-0.25, -0.2) is 0 Å². The quantitative estimate of drug-likeness (QED) is 0.711. The maximum Gasteiger partial charge on any atom is 0.390 e. The van der Waals surface area contributed by atoms with Gasteiger partial charge in [0, 0.05) is 6.04 Å². The molecule has 0 heterocycles. The average molecular weight is 195 g/mol. The van der Waals surface area contributed by atoms with Crippen LogP contribution in [-0.4, -0.2) is 18.8 Å². The summed E-state index contributed by atoms with van der Waals surface area (Å²) in [6.07, 6.45) is -1.89. The van der Waals surface area contributed by atoms with Gasteiger partial charge in [-0.15, -0.1) is 0 Å². The van der Waals surface area contributed by atoms with E-state index < -0.39 is 12.6 Å². The van der Waals surface area contributed by atoms with Crippen molar-refractivity contribution in [2.24, 2.45) is 5.92 Å². The Balaban J connectivity index is 2.29. The standard InChI is InChI=1S/C9H16F3N/c1-2-5-13-8(7-3-4-7)6-9(10,11)12/h7-8,13H,2-6H2,1H3. The Hall–Kier alpha value is -0.250. The molecule has 0 aromatic carbocycles. The van der Waals surface area contributed by atoms with Gasteiger partial charge in [-0.3, -0.25) is 0 Å². The van der Waals surface area contributed by atoms with E-state index in [4.69, 9.17) is 0 Å². The lowest BCUT2D eigenvalue weighted by molar-refractivity contribution is -0.141. The van der Waals surface area contributed by atoms with Gasteiger partial charge in [0.05, 0.1) is 6.42 Å². The molecule has 1 saturated carbocycles. The Morgan fingerprint density at radius 1 is 1.38 bits per heavy atom. The Morgan fingerprint density at radius 3 is 2.38 bits per heavy atom. The van der Waals surface area contributed by atoms with Gasteiger partial charge in [0.1, 0.15) is 0 Å². The van der Waals surface area contributed by atoms with Crippen molar-refractivity contribution in [3.8, 4) is 0 Å². The molecule has 1 fully saturated rings. The van der Waals surface area contributed by atoms with Crippen molar-refractivity contribution in [2.75, 3.05) is 6.54 Å². The fourth-order valence-electron chi connectivity index (χ4n) is 1.48. The summed E-state index contributed by atoms with van der Waals surface area (Å²) in [6.45, 7) is 2.65. The molecule has 1 nitrogen and oxygen atoms in total. The van der Waals surface area contributed by atoms with Gasteiger partial charge in [-0.05, 0) is 31.7 Å². The lowest BCUT2D eigenvalue weighted by atomic mass is 10.1. The van der Waals surface area contributed by atoms with Crippen LogP contribution in [0, 0.1) is 5.92 Å². The van der Waals surface area contributed by atoms with Gasteiger partial charge >= 0.3 is 6.18 Å². The Morgan fingerprint density at radius 2 is 2.00 bits per heavy atom. The molecule has 0 saturated heterocycles. The minimum atomic E-state index is -4.02. The van der Waals surface area contributed by atoms with Crippen LogP contribution in [0.15, 0.2) is 0 Å². The van der Waals surface area contributed by atoms with Crippen LogP contribution in [0.1, 0.15) is 32.6 Å². The second-order valence-electron chi connectivity index (χ2n) is 3.72. The number of hydrogen-bond donors (Lipinski definition) is 1. The molecule has 1 aliphatic rings. The molecule has 0 aliphatic heterocycles. The first-order valence-electron chi connectivity index (χ1n) is 4.83. The molecule has 1 aliphatic carbocycles. The summed E-state index contributed by atoms with van der Waals surface area (Å²) in [7, 11) is 0. The number of nitrogens with one attached hydrogen (secondary N) is 1. The van der Waals surface area contributed by atoms with E-state index >= 15 is 0 Å². The molecule has 0 aromatic rings. The van der Waals surface area contributed by atoms with E-state index in [1.54, 1.807) is 0 Å². The summed E-state index contributed by atoms with van der Waals surface area (Å²) in [5.74, 6) is 0.271. The molecule has 1 unspecified atom stereocenters. The summed E-state index contributed by atoms with van der Waals surface area (Å²) in [6, 6.07) is -0.333. The molecule has 0 amide bonds. The first-order valence-corrected chi connectivity index (χ1v) is 4.83. The molecule has 0 radical (unpaired) electrons. The second kappa shape index (κ2) is 4.31. The van der Waals surface area contributed by atoms with E-state index in [0.29, 0.717) is 6.54 Å². The normalized spacial score (nSPS) is 20.3. The third-order valence-electron chi connectivity index (χ3n) is 2.30. The van der Waals surface area contributed by atoms with E-state index in [9.17, 15) is 13.2 Å². The monoisotopic (exact) mass is 195 g/mol. The van der Waals surface area contributed by atoms with E-state index in [0.717, 1.165) is 19.3 Å². The fourth-order valence-corrected chi connectivity index (χ4v) is 1.48. The molecule has 0 aromatic heterocycles. The summed E-state index contributed by atoms with van der Waals surface area (Å²) >= 11 is 0. The molecule has 0 bridgehead atoms. The number of halogens is 3. The van der Waals surface area contributed by atoms with Crippen LogP contribution in [0.3, 0.4) is 0 Å². The zero-order chi connectivity index (χ0) is 9.90. The van der Waals surface area contributed by atoms with Crippen molar-refractivity contribution in [1.29, 1.82) is 0 Å². The molecule has 4 heteroatoms. The lowest BCUT2D eigenvalue weighted by Crippen LogP contribution is -2.35. The number of hydrogen-bond acceptors (Lipinski definition) is 1. The zero-order valence-electron chi connectivity index (χ0n) is 7.82. The van der Waals surface area contributed by atoms with Crippen LogP contribution in [0.2, 0.25) is 0 Å². The first-order chi connectivity index (χ1) is 6.03. The van der Waals surface area contributed by atoms with Crippen LogP contribution >= 0.6 is 0 Å². The molecular weight excluding hydrogens is 179 g/mol. The second-order valence-corrected chi connectivity index (χ2v) is 3.72. The van der Waals surface area contributed by atoms with Crippen molar-refractivity contribution in [3.63, 3.8) is 0 Å². The Labute approximate surface area is 76.7 Å². The van der Waals surface area contributed by atoms with Gasteiger partial charge in [0.2, 0.25) is 0 Å². The van der Waals surface area contributed by atoms with E-state index in [1.165, 1.54) is 0 Å². The van der Waals surface area contributed by atoms with Gasteiger partial charge in [0.25, 0.3) is 0 Å². The van der Waals surface area contributed by atoms with Crippen molar-refractivity contribution in [3.05, 3.63) is 0 Å². The molecular formula is C9H16F3N. The van der Waals surface area contributed by atoms with Crippen molar-refractivity contribution >= 4 is 0 Å². The lowest BCUT2D eigenvalue weighted by Gasteiger charge is -2.19. The molecule has 78 valence electrons. The highest BCUT2D eigenvalue weighted by Crippen LogP contribution is 2.37. The molecule has 0 spiro atoms. The highest BCUT2D eigenvalue weighted by Gasteiger charge is 2.39. The Bertz CT molecular complexity index is 151. The van der Waals surface area contributed by atoms with E-state index in [2.05, 4.69) is 5.32 Å². The van der Waals surface area contributed by atoms with Crippen LogP contribution in [-0.2, 0) is 0 Å². The van der Waals surface area contributed by atoms with E-state index in [1.807, 2.05) is 6.92 Å². The molecule has 1 N–H and O–H groups in total. The van der Waals surface area contributed by atoms with Crippen LogP contribution < -0.4 is 5.32 Å². The third-order valence-corrected chi connectivity index (χ3v) is 2.30. The van der Waals surface area contributed by atoms with Gasteiger partial charge in [-0.2, -0.15) is 13.2 Å². The zero-order valence-corrected chi connectivity index (χ0v) is 7.82. The highest BCUT2D eigenvalue weighted by atomic mass is 19.4. The van der Waals surface area contributed by atoms with Gasteiger partial charge in [-0.1, -0.05) is 6.92 Å². The van der Waals surface area contributed by atoms with Crippen LogP contribution in [0.25, 0.3) is 0 Å². The van der Waals surface area contributed by atoms with E-state index in [-0.39, 0.29) is 12.0 Å². The van der Waals surface area contributed by atoms with Crippen molar-refractivity contribution in [2.45, 2.75) is 44.8 Å².